The number of carbonyl (C=O) groups excluding carboxylic acids is 1. The lowest BCUT2D eigenvalue weighted by atomic mass is 10.1. The van der Waals surface area contributed by atoms with E-state index < -0.39 is 0 Å². The van der Waals surface area contributed by atoms with E-state index in [2.05, 4.69) is 21.9 Å². The molecule has 17 heavy (non-hydrogen) atoms. The molecule has 3 heterocycles. The summed E-state index contributed by atoms with van der Waals surface area (Å²) in [4.78, 5) is 20.4. The highest BCUT2D eigenvalue weighted by Crippen LogP contribution is 2.31. The molecule has 0 bridgehead atoms. The van der Waals surface area contributed by atoms with Gasteiger partial charge in [-0.3, -0.25) is 14.8 Å². The van der Waals surface area contributed by atoms with Gasteiger partial charge in [0, 0.05) is 29.8 Å². The Bertz CT molecular complexity index is 538. The third kappa shape index (κ3) is 1.86. The first-order valence-electron chi connectivity index (χ1n) is 5.34. The van der Waals surface area contributed by atoms with Crippen molar-refractivity contribution < 1.29 is 4.79 Å². The molecular formula is C12H11N3OS. The molecule has 1 aromatic rings. The molecule has 3 rings (SSSR count). The molecule has 0 radical (unpaired) electrons. The number of fused-ring (bicyclic) bond motifs is 1. The van der Waals surface area contributed by atoms with E-state index in [0.29, 0.717) is 0 Å². The highest BCUT2D eigenvalue weighted by atomic mass is 32.2. The maximum atomic E-state index is 11.9. The Kier molecular flexibility index (Phi) is 2.48. The lowest BCUT2D eigenvalue weighted by Crippen LogP contribution is -2.42. The first kappa shape index (κ1) is 10.5. The monoisotopic (exact) mass is 245 g/mol. The van der Waals surface area contributed by atoms with Gasteiger partial charge in [0.25, 0.3) is 0 Å². The Labute approximate surface area is 103 Å². The van der Waals surface area contributed by atoms with Crippen molar-refractivity contribution >= 4 is 29.1 Å². The molecule has 0 saturated carbocycles. The number of hydrogen-bond donors (Lipinski definition) is 1. The number of pyridine rings is 1. The molecule has 86 valence electrons. The summed E-state index contributed by atoms with van der Waals surface area (Å²) in [5.74, 6) is 0.745. The van der Waals surface area contributed by atoms with Crippen molar-refractivity contribution in [3.8, 4) is 0 Å². The summed E-state index contributed by atoms with van der Waals surface area (Å²) in [6.45, 7) is 3.76. The molecule has 4 nitrogen and oxygen atoms in total. The van der Waals surface area contributed by atoms with Crippen LogP contribution < -0.4 is 5.32 Å². The number of aromatic nitrogens is 1. The molecular weight excluding hydrogens is 234 g/mol. The van der Waals surface area contributed by atoms with Crippen LogP contribution in [0.25, 0.3) is 0 Å². The fourth-order valence-corrected chi connectivity index (χ4v) is 2.97. The topological polar surface area (TPSA) is 54.4 Å². The average molecular weight is 245 g/mol. The van der Waals surface area contributed by atoms with Crippen LogP contribution in [-0.2, 0) is 11.2 Å². The van der Waals surface area contributed by atoms with E-state index in [1.54, 1.807) is 24.2 Å². The average Bonchev–Trinajstić information content (AvgIpc) is 2.72. The van der Waals surface area contributed by atoms with Gasteiger partial charge in [0.15, 0.2) is 0 Å². The summed E-state index contributed by atoms with van der Waals surface area (Å²) in [5, 5.41) is 2.60. The first-order chi connectivity index (χ1) is 8.24. The predicted molar refractivity (Wildman–Crippen MR) is 68.6 cm³/mol. The fraction of sp³-hybridized carbons (Fsp3) is 0.250. The minimum atomic E-state index is -0.187. The number of carbonyl (C=O) groups is 1. The van der Waals surface area contributed by atoms with Gasteiger partial charge in [-0.25, -0.2) is 0 Å². The van der Waals surface area contributed by atoms with Crippen molar-refractivity contribution in [2.45, 2.75) is 11.7 Å². The standard InChI is InChI=1S/C12H11N3OS/c1-7-6-17-11(12(16)14-7)9-4-8-2-3-13-5-10(8)15-9/h2-3,5,11H,1,4,6H2,(H,14,16). The van der Waals surface area contributed by atoms with Crippen molar-refractivity contribution in [3.63, 3.8) is 0 Å². The smallest absolute Gasteiger partial charge is 0.243 e. The molecule has 2 aliphatic heterocycles. The number of thioether (sulfide) groups is 1. The summed E-state index contributed by atoms with van der Waals surface area (Å²) in [6.07, 6.45) is 4.25. The molecule has 1 aromatic heterocycles. The Morgan fingerprint density at radius 3 is 3.18 bits per heavy atom. The minimum Gasteiger partial charge on any atom is -0.328 e. The zero-order chi connectivity index (χ0) is 11.8. The fourth-order valence-electron chi connectivity index (χ4n) is 1.99. The van der Waals surface area contributed by atoms with Crippen LogP contribution in [0.3, 0.4) is 0 Å². The van der Waals surface area contributed by atoms with Gasteiger partial charge in [0.2, 0.25) is 5.91 Å². The Hall–Kier alpha value is -1.62. The molecule has 1 amide bonds. The number of amides is 1. The van der Waals surface area contributed by atoms with E-state index in [1.807, 2.05) is 6.07 Å². The van der Waals surface area contributed by atoms with E-state index >= 15 is 0 Å². The number of hydrogen-bond acceptors (Lipinski definition) is 4. The van der Waals surface area contributed by atoms with Crippen molar-refractivity contribution in [3.05, 3.63) is 36.3 Å². The number of nitrogens with one attached hydrogen (secondary N) is 1. The zero-order valence-corrected chi connectivity index (χ0v) is 9.96. The lowest BCUT2D eigenvalue weighted by molar-refractivity contribution is -0.118. The minimum absolute atomic E-state index is 0.00855. The van der Waals surface area contributed by atoms with Crippen LogP contribution in [0.2, 0.25) is 0 Å². The first-order valence-corrected chi connectivity index (χ1v) is 6.39. The maximum Gasteiger partial charge on any atom is 0.243 e. The third-order valence-corrected chi connectivity index (χ3v) is 4.12. The van der Waals surface area contributed by atoms with Crippen molar-refractivity contribution in [2.75, 3.05) is 5.75 Å². The summed E-state index contributed by atoms with van der Waals surface area (Å²) in [7, 11) is 0. The number of rotatable bonds is 1. The molecule has 2 aliphatic rings. The second kappa shape index (κ2) is 4.00. The molecule has 1 fully saturated rings. The van der Waals surface area contributed by atoms with E-state index in [4.69, 9.17) is 0 Å². The molecule has 1 N–H and O–H groups in total. The van der Waals surface area contributed by atoms with Gasteiger partial charge < -0.3 is 5.32 Å². The van der Waals surface area contributed by atoms with E-state index in [-0.39, 0.29) is 11.2 Å². The van der Waals surface area contributed by atoms with Crippen LogP contribution in [0, 0.1) is 0 Å². The van der Waals surface area contributed by atoms with Crippen LogP contribution in [0.4, 0.5) is 5.69 Å². The molecule has 0 aromatic carbocycles. The summed E-state index contributed by atoms with van der Waals surface area (Å²) in [5.41, 5.74) is 3.73. The van der Waals surface area contributed by atoms with Crippen LogP contribution >= 0.6 is 11.8 Å². The van der Waals surface area contributed by atoms with Gasteiger partial charge in [0.05, 0.1) is 11.9 Å². The van der Waals surface area contributed by atoms with E-state index in [1.165, 1.54) is 0 Å². The highest BCUT2D eigenvalue weighted by molar-refractivity contribution is 8.01. The Balaban J connectivity index is 1.84. The van der Waals surface area contributed by atoms with E-state index in [9.17, 15) is 4.79 Å². The molecule has 1 saturated heterocycles. The summed E-state index contributed by atoms with van der Waals surface area (Å²) < 4.78 is 0. The van der Waals surface area contributed by atoms with Crippen molar-refractivity contribution in [2.24, 2.45) is 4.99 Å². The molecule has 1 unspecified atom stereocenters. The van der Waals surface area contributed by atoms with Crippen molar-refractivity contribution in [1.82, 2.24) is 10.3 Å². The quantitative estimate of drug-likeness (QED) is 0.815. The van der Waals surface area contributed by atoms with Gasteiger partial charge in [-0.1, -0.05) is 6.58 Å². The van der Waals surface area contributed by atoms with Gasteiger partial charge in [-0.15, -0.1) is 11.8 Å². The largest absolute Gasteiger partial charge is 0.328 e. The SMILES string of the molecule is C=C1CSC(C2=Nc3cnccc3C2)C(=O)N1. The summed E-state index contributed by atoms with van der Waals surface area (Å²) in [6, 6.07) is 1.95. The Morgan fingerprint density at radius 1 is 1.53 bits per heavy atom. The predicted octanol–water partition coefficient (Wildman–Crippen LogP) is 1.46. The Morgan fingerprint density at radius 2 is 2.41 bits per heavy atom. The van der Waals surface area contributed by atoms with Gasteiger partial charge in [-0.05, 0) is 11.6 Å². The van der Waals surface area contributed by atoms with Crippen LogP contribution in [-0.4, -0.2) is 27.6 Å². The van der Waals surface area contributed by atoms with Crippen molar-refractivity contribution in [1.29, 1.82) is 0 Å². The van der Waals surface area contributed by atoms with Crippen LogP contribution in [0.1, 0.15) is 5.56 Å². The second-order valence-corrected chi connectivity index (χ2v) is 5.16. The molecule has 1 atom stereocenters. The van der Waals surface area contributed by atoms with Gasteiger partial charge >= 0.3 is 0 Å². The molecule has 0 aliphatic carbocycles. The van der Waals surface area contributed by atoms with Gasteiger partial charge in [-0.2, -0.15) is 0 Å². The molecule has 5 heteroatoms. The second-order valence-electron chi connectivity index (χ2n) is 4.07. The highest BCUT2D eigenvalue weighted by Gasteiger charge is 2.31. The molecule has 0 spiro atoms. The van der Waals surface area contributed by atoms with Crippen LogP contribution in [0.5, 0.6) is 0 Å². The maximum absolute atomic E-state index is 11.9. The lowest BCUT2D eigenvalue weighted by Gasteiger charge is -2.22. The number of aliphatic imine (C=N–C) groups is 1. The number of nitrogens with zero attached hydrogens (tertiary/aromatic N) is 2. The zero-order valence-electron chi connectivity index (χ0n) is 9.14. The van der Waals surface area contributed by atoms with E-state index in [0.717, 1.165) is 34.8 Å². The third-order valence-electron chi connectivity index (χ3n) is 2.79. The van der Waals surface area contributed by atoms with Crippen LogP contribution in [0.15, 0.2) is 35.7 Å². The normalized spacial score (nSPS) is 23.1. The summed E-state index contributed by atoms with van der Waals surface area (Å²) >= 11 is 1.58. The van der Waals surface area contributed by atoms with Gasteiger partial charge in [0.1, 0.15) is 5.25 Å².